The van der Waals surface area contributed by atoms with E-state index in [4.69, 9.17) is 5.73 Å². The summed E-state index contributed by atoms with van der Waals surface area (Å²) in [5.41, 5.74) is 6.43. The van der Waals surface area contributed by atoms with Gasteiger partial charge in [0.25, 0.3) is 5.69 Å². The number of benzene rings is 1. The minimum Gasteiger partial charge on any atom is -0.333 e. The van der Waals surface area contributed by atoms with E-state index in [1.807, 2.05) is 0 Å². The zero-order valence-corrected chi connectivity index (χ0v) is 10.1. The molecule has 100 valence electrons. The van der Waals surface area contributed by atoms with Crippen molar-refractivity contribution in [3.8, 4) is 0 Å². The Balaban J connectivity index is 2.26. The van der Waals surface area contributed by atoms with E-state index in [2.05, 4.69) is 4.98 Å². The summed E-state index contributed by atoms with van der Waals surface area (Å²) in [5, 5.41) is 10.9. The number of aromatic nitrogens is 2. The molecule has 2 aromatic rings. The zero-order valence-electron chi connectivity index (χ0n) is 10.1. The summed E-state index contributed by atoms with van der Waals surface area (Å²) in [5.74, 6) is -0.497. The molecule has 0 saturated heterocycles. The van der Waals surface area contributed by atoms with Gasteiger partial charge in [0.15, 0.2) is 0 Å². The minimum atomic E-state index is -0.521. The van der Waals surface area contributed by atoms with Gasteiger partial charge in [-0.3, -0.25) is 10.1 Å². The van der Waals surface area contributed by atoms with Crippen molar-refractivity contribution in [3.63, 3.8) is 0 Å². The predicted molar refractivity (Wildman–Crippen MR) is 67.1 cm³/mol. The van der Waals surface area contributed by atoms with E-state index in [0.717, 1.165) is 11.8 Å². The molecule has 0 amide bonds. The van der Waals surface area contributed by atoms with Gasteiger partial charge in [0.05, 0.1) is 29.1 Å². The lowest BCUT2D eigenvalue weighted by atomic mass is 10.1. The lowest BCUT2D eigenvalue weighted by molar-refractivity contribution is -0.385. The quantitative estimate of drug-likeness (QED) is 0.654. The lowest BCUT2D eigenvalue weighted by Gasteiger charge is -2.04. The highest BCUT2D eigenvalue weighted by molar-refractivity contribution is 5.40. The van der Waals surface area contributed by atoms with Crippen LogP contribution in [0.4, 0.5) is 10.1 Å². The first kappa shape index (κ1) is 13.2. The number of rotatable bonds is 5. The van der Waals surface area contributed by atoms with Crippen molar-refractivity contribution in [3.05, 3.63) is 57.9 Å². The Morgan fingerprint density at radius 3 is 2.95 bits per heavy atom. The van der Waals surface area contributed by atoms with Crippen LogP contribution in [0.3, 0.4) is 0 Å². The summed E-state index contributed by atoms with van der Waals surface area (Å²) >= 11 is 0. The molecular weight excluding hydrogens is 251 g/mol. The van der Waals surface area contributed by atoms with Gasteiger partial charge in [-0.2, -0.15) is 0 Å². The second kappa shape index (κ2) is 5.57. The maximum absolute atomic E-state index is 13.2. The van der Waals surface area contributed by atoms with Crippen LogP contribution in [0.15, 0.2) is 30.7 Å². The first-order valence-electron chi connectivity index (χ1n) is 5.73. The molecular formula is C12H13FN4O2. The Kier molecular flexibility index (Phi) is 3.86. The molecule has 0 aliphatic carbocycles. The Morgan fingerprint density at radius 1 is 1.47 bits per heavy atom. The molecule has 7 heteroatoms. The molecule has 2 rings (SSSR count). The van der Waals surface area contributed by atoms with Gasteiger partial charge in [0, 0.05) is 18.7 Å². The molecule has 0 atom stereocenters. The monoisotopic (exact) mass is 264 g/mol. The Hall–Kier alpha value is -2.28. The van der Waals surface area contributed by atoms with E-state index in [1.165, 1.54) is 12.1 Å². The number of nitrogens with two attached hydrogens (primary N) is 1. The summed E-state index contributed by atoms with van der Waals surface area (Å²) in [6.07, 6.45) is 3.94. The second-order valence-corrected chi connectivity index (χ2v) is 4.11. The fourth-order valence-electron chi connectivity index (χ4n) is 1.83. The van der Waals surface area contributed by atoms with Crippen molar-refractivity contribution in [2.45, 2.75) is 13.0 Å². The van der Waals surface area contributed by atoms with Crippen molar-refractivity contribution in [1.29, 1.82) is 0 Å². The minimum absolute atomic E-state index is 0.101. The van der Waals surface area contributed by atoms with Gasteiger partial charge in [-0.1, -0.05) is 0 Å². The summed E-state index contributed by atoms with van der Waals surface area (Å²) in [6, 6.07) is 3.42. The van der Waals surface area contributed by atoms with Crippen LogP contribution < -0.4 is 5.73 Å². The number of hydrogen-bond acceptors (Lipinski definition) is 4. The van der Waals surface area contributed by atoms with Gasteiger partial charge in [-0.05, 0) is 18.7 Å². The third-order valence-electron chi connectivity index (χ3n) is 2.68. The molecule has 19 heavy (non-hydrogen) atoms. The third-order valence-corrected chi connectivity index (χ3v) is 2.68. The van der Waals surface area contributed by atoms with Crippen LogP contribution in [0.5, 0.6) is 0 Å². The van der Waals surface area contributed by atoms with Crippen LogP contribution in [0.1, 0.15) is 11.3 Å². The number of nitrogens with zero attached hydrogens (tertiary/aromatic N) is 3. The van der Waals surface area contributed by atoms with Crippen LogP contribution in [0, 0.1) is 15.9 Å². The van der Waals surface area contributed by atoms with Gasteiger partial charge in [0.1, 0.15) is 5.82 Å². The highest BCUT2D eigenvalue weighted by atomic mass is 19.1. The number of halogens is 1. The average Bonchev–Trinajstić information content (AvgIpc) is 2.77. The van der Waals surface area contributed by atoms with E-state index in [0.29, 0.717) is 18.5 Å². The molecule has 1 aromatic heterocycles. The Morgan fingerprint density at radius 2 is 2.26 bits per heavy atom. The fraction of sp³-hybridized carbons (Fsp3) is 0.250. The molecule has 0 radical (unpaired) electrons. The van der Waals surface area contributed by atoms with E-state index in [1.54, 1.807) is 17.1 Å². The van der Waals surface area contributed by atoms with Crippen molar-refractivity contribution in [2.75, 3.05) is 6.54 Å². The molecule has 6 nitrogen and oxygen atoms in total. The SMILES string of the molecule is NCCc1cn(Cc2cc(F)ccc2[N+](=O)[O-])cn1. The zero-order chi connectivity index (χ0) is 13.8. The Bertz CT molecular complexity index is 597. The number of nitro benzene ring substituents is 1. The van der Waals surface area contributed by atoms with Gasteiger partial charge in [-0.25, -0.2) is 9.37 Å². The van der Waals surface area contributed by atoms with Crippen LogP contribution >= 0.6 is 0 Å². The first-order valence-corrected chi connectivity index (χ1v) is 5.73. The summed E-state index contributed by atoms with van der Waals surface area (Å²) in [4.78, 5) is 14.5. The molecule has 0 aliphatic rings. The second-order valence-electron chi connectivity index (χ2n) is 4.11. The number of hydrogen-bond donors (Lipinski definition) is 1. The van der Waals surface area contributed by atoms with Gasteiger partial charge >= 0.3 is 0 Å². The highest BCUT2D eigenvalue weighted by Gasteiger charge is 2.14. The maximum atomic E-state index is 13.2. The van der Waals surface area contributed by atoms with E-state index < -0.39 is 10.7 Å². The topological polar surface area (TPSA) is 87.0 Å². The predicted octanol–water partition coefficient (Wildman–Crippen LogP) is 1.48. The Labute approximate surface area is 108 Å². The molecule has 1 heterocycles. The average molecular weight is 264 g/mol. The van der Waals surface area contributed by atoms with Gasteiger partial charge in [0.2, 0.25) is 0 Å². The van der Waals surface area contributed by atoms with Crippen molar-refractivity contribution >= 4 is 5.69 Å². The molecule has 0 unspecified atom stereocenters. The standard InChI is InChI=1S/C12H13FN4O2/c13-10-1-2-12(17(18)19)9(5-10)6-16-7-11(3-4-14)15-8-16/h1-2,5,7-8H,3-4,6,14H2. The van der Waals surface area contributed by atoms with Gasteiger partial charge < -0.3 is 10.3 Å². The smallest absolute Gasteiger partial charge is 0.274 e. The molecule has 1 aromatic carbocycles. The normalized spacial score (nSPS) is 10.6. The van der Waals surface area contributed by atoms with E-state index >= 15 is 0 Å². The molecule has 0 bridgehead atoms. The summed E-state index contributed by atoms with van der Waals surface area (Å²) in [6.45, 7) is 0.683. The molecule has 0 saturated carbocycles. The highest BCUT2D eigenvalue weighted by Crippen LogP contribution is 2.20. The van der Waals surface area contributed by atoms with Crippen LogP contribution in [0.2, 0.25) is 0 Å². The molecule has 0 spiro atoms. The largest absolute Gasteiger partial charge is 0.333 e. The van der Waals surface area contributed by atoms with E-state index in [9.17, 15) is 14.5 Å². The number of nitro groups is 1. The van der Waals surface area contributed by atoms with Crippen molar-refractivity contribution < 1.29 is 9.31 Å². The van der Waals surface area contributed by atoms with Crippen LogP contribution in [0.25, 0.3) is 0 Å². The lowest BCUT2D eigenvalue weighted by Crippen LogP contribution is -2.03. The van der Waals surface area contributed by atoms with Crippen molar-refractivity contribution in [2.24, 2.45) is 5.73 Å². The maximum Gasteiger partial charge on any atom is 0.274 e. The third kappa shape index (κ3) is 3.14. The van der Waals surface area contributed by atoms with E-state index in [-0.39, 0.29) is 12.2 Å². The van der Waals surface area contributed by atoms with Crippen LogP contribution in [-0.4, -0.2) is 21.0 Å². The molecule has 0 aliphatic heterocycles. The molecule has 2 N–H and O–H groups in total. The van der Waals surface area contributed by atoms with Crippen molar-refractivity contribution in [1.82, 2.24) is 9.55 Å². The van der Waals surface area contributed by atoms with Gasteiger partial charge in [-0.15, -0.1) is 0 Å². The fourth-order valence-corrected chi connectivity index (χ4v) is 1.83. The number of imidazole rings is 1. The first-order chi connectivity index (χ1) is 9.10. The molecule has 0 fully saturated rings. The van der Waals surface area contributed by atoms with Crippen LogP contribution in [-0.2, 0) is 13.0 Å². The summed E-state index contributed by atoms with van der Waals surface area (Å²) < 4.78 is 14.8. The summed E-state index contributed by atoms with van der Waals surface area (Å²) in [7, 11) is 0.